The van der Waals surface area contributed by atoms with E-state index in [1.165, 1.54) is 6.07 Å². The van der Waals surface area contributed by atoms with Crippen LogP contribution in [0.3, 0.4) is 0 Å². The molecule has 0 amide bonds. The maximum Gasteiger partial charge on any atom is 0.270 e. The number of rotatable bonds is 6. The van der Waals surface area contributed by atoms with Crippen LogP contribution in [-0.2, 0) is 11.3 Å². The molecule has 0 aliphatic carbocycles. The summed E-state index contributed by atoms with van der Waals surface area (Å²) in [5.41, 5.74) is 2.63. The van der Waals surface area contributed by atoms with E-state index < -0.39 is 0 Å². The minimum Gasteiger partial charge on any atom is -0.396 e. The van der Waals surface area contributed by atoms with Crippen LogP contribution in [0.5, 0.6) is 0 Å². The molecule has 0 unspecified atom stereocenters. The Morgan fingerprint density at radius 3 is 2.83 bits per heavy atom. The van der Waals surface area contributed by atoms with Gasteiger partial charge in [0, 0.05) is 61.4 Å². The Balaban J connectivity index is 1.97. The highest BCUT2D eigenvalue weighted by Crippen LogP contribution is 2.34. The van der Waals surface area contributed by atoms with Gasteiger partial charge in [-0.15, -0.1) is 0 Å². The lowest BCUT2D eigenvalue weighted by atomic mass is 10.0. The van der Waals surface area contributed by atoms with Crippen LogP contribution < -0.4 is 4.90 Å². The topological polar surface area (TPSA) is 93.7 Å². The predicted molar refractivity (Wildman–Crippen MR) is 89.1 cm³/mol. The zero-order valence-corrected chi connectivity index (χ0v) is 13.3. The Morgan fingerprint density at radius 1 is 1.33 bits per heavy atom. The predicted octanol–water partition coefficient (Wildman–Crippen LogP) is 1.68. The van der Waals surface area contributed by atoms with Gasteiger partial charge in [-0.25, -0.2) is 0 Å². The van der Waals surface area contributed by atoms with Gasteiger partial charge in [0.2, 0.25) is 0 Å². The first-order chi connectivity index (χ1) is 11.7. The first-order valence-electron chi connectivity index (χ1n) is 7.94. The Kier molecular flexibility index (Phi) is 5.07. The molecule has 24 heavy (non-hydrogen) atoms. The van der Waals surface area contributed by atoms with E-state index in [0.717, 1.165) is 29.9 Å². The second kappa shape index (κ2) is 7.41. The highest BCUT2D eigenvalue weighted by atomic mass is 16.6. The van der Waals surface area contributed by atoms with Crippen molar-refractivity contribution in [1.29, 1.82) is 0 Å². The number of benzene rings is 1. The lowest BCUT2D eigenvalue weighted by Crippen LogP contribution is -2.36. The lowest BCUT2D eigenvalue weighted by Gasteiger charge is -2.30. The number of hydrogen-bond donors (Lipinski definition) is 1. The molecule has 3 rings (SSSR count). The molecule has 0 radical (unpaired) electrons. The van der Waals surface area contributed by atoms with Gasteiger partial charge in [0.25, 0.3) is 5.69 Å². The number of aliphatic hydroxyl groups is 1. The van der Waals surface area contributed by atoms with Crippen molar-refractivity contribution >= 4 is 11.4 Å². The molecule has 1 aromatic heterocycles. The van der Waals surface area contributed by atoms with Gasteiger partial charge in [-0.2, -0.15) is 5.10 Å². The summed E-state index contributed by atoms with van der Waals surface area (Å²) in [6.07, 6.45) is 4.19. The number of non-ortho nitro benzene ring substituents is 1. The second-order valence-electron chi connectivity index (χ2n) is 5.63. The smallest absolute Gasteiger partial charge is 0.270 e. The second-order valence-corrected chi connectivity index (χ2v) is 5.63. The van der Waals surface area contributed by atoms with Crippen molar-refractivity contribution < 1.29 is 14.8 Å². The number of ether oxygens (including phenoxy) is 1. The van der Waals surface area contributed by atoms with Gasteiger partial charge < -0.3 is 14.7 Å². The van der Waals surface area contributed by atoms with Crippen molar-refractivity contribution in [2.24, 2.45) is 0 Å². The Hall–Kier alpha value is -2.45. The normalized spacial score (nSPS) is 14.8. The summed E-state index contributed by atoms with van der Waals surface area (Å²) in [6, 6.07) is 4.92. The fraction of sp³-hybridized carbons (Fsp3) is 0.438. The summed E-state index contributed by atoms with van der Waals surface area (Å²) in [5, 5.41) is 24.4. The van der Waals surface area contributed by atoms with Crippen LogP contribution in [0.2, 0.25) is 0 Å². The van der Waals surface area contributed by atoms with Crippen molar-refractivity contribution in [3.63, 3.8) is 0 Å². The SMILES string of the molecule is O=[N+]([O-])c1ccc(N2CCOCC2)c(-c2cnn(CCCO)c2)c1. The summed E-state index contributed by atoms with van der Waals surface area (Å²) >= 11 is 0. The summed E-state index contributed by atoms with van der Waals surface area (Å²) in [5.74, 6) is 0. The molecular weight excluding hydrogens is 312 g/mol. The van der Waals surface area contributed by atoms with Gasteiger partial charge in [-0.05, 0) is 12.5 Å². The minimum absolute atomic E-state index is 0.0603. The monoisotopic (exact) mass is 332 g/mol. The molecule has 1 saturated heterocycles. The van der Waals surface area contributed by atoms with Crippen LogP contribution in [0.25, 0.3) is 11.1 Å². The highest BCUT2D eigenvalue weighted by molar-refractivity contribution is 5.80. The van der Waals surface area contributed by atoms with Crippen molar-refractivity contribution in [2.75, 3.05) is 37.8 Å². The molecule has 1 aromatic carbocycles. The summed E-state index contributed by atoms with van der Waals surface area (Å²) in [6.45, 7) is 3.51. The van der Waals surface area contributed by atoms with Gasteiger partial charge in [-0.3, -0.25) is 14.8 Å². The fourth-order valence-electron chi connectivity index (χ4n) is 2.81. The molecule has 128 valence electrons. The number of hydrogen-bond acceptors (Lipinski definition) is 6. The highest BCUT2D eigenvalue weighted by Gasteiger charge is 2.19. The van der Waals surface area contributed by atoms with Crippen LogP contribution in [-0.4, -0.2) is 52.7 Å². The van der Waals surface area contributed by atoms with E-state index in [2.05, 4.69) is 10.00 Å². The number of nitro groups is 1. The summed E-state index contributed by atoms with van der Waals surface area (Å²) in [7, 11) is 0. The number of nitrogens with zero attached hydrogens (tertiary/aromatic N) is 4. The van der Waals surface area contributed by atoms with E-state index in [0.29, 0.717) is 26.2 Å². The first-order valence-corrected chi connectivity index (χ1v) is 7.94. The van der Waals surface area contributed by atoms with Crippen molar-refractivity contribution in [1.82, 2.24) is 9.78 Å². The molecule has 1 fully saturated rings. The quantitative estimate of drug-likeness (QED) is 0.639. The van der Waals surface area contributed by atoms with Gasteiger partial charge in [0.05, 0.1) is 24.3 Å². The van der Waals surface area contributed by atoms with Crippen LogP contribution in [0.1, 0.15) is 6.42 Å². The molecule has 2 aromatic rings. The minimum atomic E-state index is -0.386. The van der Waals surface area contributed by atoms with Gasteiger partial charge in [0.1, 0.15) is 0 Å². The van der Waals surface area contributed by atoms with E-state index in [1.54, 1.807) is 23.0 Å². The van der Waals surface area contributed by atoms with Crippen molar-refractivity contribution in [3.8, 4) is 11.1 Å². The molecule has 8 heteroatoms. The third kappa shape index (κ3) is 3.55. The average molecular weight is 332 g/mol. The van der Waals surface area contributed by atoms with Gasteiger partial charge >= 0.3 is 0 Å². The molecule has 1 N–H and O–H groups in total. The maximum atomic E-state index is 11.1. The van der Waals surface area contributed by atoms with Gasteiger partial charge in [-0.1, -0.05) is 0 Å². The standard InChI is InChI=1S/C16H20N4O4/c21-7-1-4-19-12-13(11-17-19)15-10-14(20(22)23)2-3-16(15)18-5-8-24-9-6-18/h2-3,10-12,21H,1,4-9H2. The molecule has 1 aliphatic rings. The molecule has 2 heterocycles. The lowest BCUT2D eigenvalue weighted by molar-refractivity contribution is -0.384. The van der Waals surface area contributed by atoms with Crippen molar-refractivity contribution in [3.05, 3.63) is 40.7 Å². The number of morpholine rings is 1. The number of anilines is 1. The molecule has 1 aliphatic heterocycles. The Morgan fingerprint density at radius 2 is 2.12 bits per heavy atom. The zero-order valence-electron chi connectivity index (χ0n) is 13.3. The fourth-order valence-corrected chi connectivity index (χ4v) is 2.81. The number of aliphatic hydroxyl groups excluding tert-OH is 1. The third-order valence-electron chi connectivity index (χ3n) is 4.03. The van der Waals surface area contributed by atoms with E-state index in [4.69, 9.17) is 9.84 Å². The molecule has 0 spiro atoms. The molecule has 8 nitrogen and oxygen atoms in total. The van der Waals surface area contributed by atoms with E-state index in [-0.39, 0.29) is 17.2 Å². The molecule has 0 atom stereocenters. The van der Waals surface area contributed by atoms with E-state index in [9.17, 15) is 10.1 Å². The molecule has 0 saturated carbocycles. The Bertz CT molecular complexity index is 710. The largest absolute Gasteiger partial charge is 0.396 e. The van der Waals surface area contributed by atoms with Crippen LogP contribution in [0.15, 0.2) is 30.6 Å². The van der Waals surface area contributed by atoms with Crippen LogP contribution >= 0.6 is 0 Å². The van der Waals surface area contributed by atoms with Crippen molar-refractivity contribution in [2.45, 2.75) is 13.0 Å². The zero-order chi connectivity index (χ0) is 16.9. The number of aryl methyl sites for hydroxylation is 1. The van der Waals surface area contributed by atoms with Gasteiger partial charge in [0.15, 0.2) is 0 Å². The maximum absolute atomic E-state index is 11.1. The molecular formula is C16H20N4O4. The number of nitro benzene ring substituents is 1. The van der Waals surface area contributed by atoms with E-state index >= 15 is 0 Å². The average Bonchev–Trinajstić information content (AvgIpc) is 3.09. The first kappa shape index (κ1) is 16.4. The summed E-state index contributed by atoms with van der Waals surface area (Å²) < 4.78 is 7.13. The molecule has 0 bridgehead atoms. The Labute approximate surface area is 139 Å². The van der Waals surface area contributed by atoms with E-state index in [1.807, 2.05) is 6.20 Å². The summed E-state index contributed by atoms with van der Waals surface area (Å²) in [4.78, 5) is 12.9. The van der Waals surface area contributed by atoms with Crippen LogP contribution in [0, 0.1) is 10.1 Å². The van der Waals surface area contributed by atoms with Crippen LogP contribution in [0.4, 0.5) is 11.4 Å². The third-order valence-corrected chi connectivity index (χ3v) is 4.03. The number of aromatic nitrogens is 2.